The number of rotatable bonds is 3. The lowest BCUT2D eigenvalue weighted by atomic mass is 9.91. The number of hydrogen-bond donors (Lipinski definition) is 1. The molecule has 0 spiro atoms. The van der Waals surface area contributed by atoms with Gasteiger partial charge in [0.15, 0.2) is 0 Å². The van der Waals surface area contributed by atoms with Crippen molar-refractivity contribution in [3.63, 3.8) is 0 Å². The molecule has 0 radical (unpaired) electrons. The van der Waals surface area contributed by atoms with Gasteiger partial charge >= 0.3 is 0 Å². The molecule has 0 bridgehead atoms. The maximum atomic E-state index is 6.23. The second-order valence-corrected chi connectivity index (χ2v) is 4.91. The third-order valence-corrected chi connectivity index (χ3v) is 3.56. The summed E-state index contributed by atoms with van der Waals surface area (Å²) in [6.07, 6.45) is 2.32. The van der Waals surface area contributed by atoms with E-state index in [9.17, 15) is 0 Å². The molecule has 2 unspecified atom stereocenters. The fourth-order valence-electron chi connectivity index (χ4n) is 2.68. The highest BCUT2D eigenvalue weighted by molar-refractivity contribution is 5.26. The van der Waals surface area contributed by atoms with Crippen molar-refractivity contribution in [2.45, 2.75) is 31.5 Å². The summed E-state index contributed by atoms with van der Waals surface area (Å²) < 4.78 is 5.12. The van der Waals surface area contributed by atoms with E-state index in [0.29, 0.717) is 12.6 Å². The first kappa shape index (κ1) is 12.6. The Balaban J connectivity index is 2.14. The van der Waals surface area contributed by atoms with E-state index in [1.54, 1.807) is 7.11 Å². The van der Waals surface area contributed by atoms with E-state index in [1.165, 1.54) is 17.5 Å². The Morgan fingerprint density at radius 3 is 2.65 bits per heavy atom. The van der Waals surface area contributed by atoms with Gasteiger partial charge in [-0.3, -0.25) is 4.90 Å². The predicted octanol–water partition coefficient (Wildman–Crippen LogP) is 1.93. The largest absolute Gasteiger partial charge is 0.380 e. The van der Waals surface area contributed by atoms with Crippen molar-refractivity contribution in [2.75, 3.05) is 20.7 Å². The van der Waals surface area contributed by atoms with E-state index in [4.69, 9.17) is 10.5 Å². The number of piperidine rings is 1. The zero-order chi connectivity index (χ0) is 12.3. The van der Waals surface area contributed by atoms with Gasteiger partial charge in [-0.15, -0.1) is 0 Å². The molecule has 1 saturated heterocycles. The average molecular weight is 234 g/mol. The third kappa shape index (κ3) is 2.86. The van der Waals surface area contributed by atoms with E-state index in [1.807, 2.05) is 0 Å². The number of ether oxygens (including phenoxy) is 1. The molecule has 17 heavy (non-hydrogen) atoms. The summed E-state index contributed by atoms with van der Waals surface area (Å²) >= 11 is 0. The maximum Gasteiger partial charge on any atom is 0.0713 e. The normalized spacial score (nSPS) is 26.1. The molecule has 1 heterocycles. The van der Waals surface area contributed by atoms with Crippen molar-refractivity contribution < 1.29 is 4.74 Å². The minimum atomic E-state index is 0.252. The summed E-state index contributed by atoms with van der Waals surface area (Å²) in [6, 6.07) is 9.24. The molecule has 0 aromatic heterocycles. The van der Waals surface area contributed by atoms with Crippen LogP contribution in [0.3, 0.4) is 0 Å². The number of hydrogen-bond acceptors (Lipinski definition) is 3. The van der Waals surface area contributed by atoms with E-state index >= 15 is 0 Å². The van der Waals surface area contributed by atoms with Crippen LogP contribution in [0.15, 0.2) is 24.3 Å². The molecule has 2 N–H and O–H groups in total. The van der Waals surface area contributed by atoms with Gasteiger partial charge in [0.2, 0.25) is 0 Å². The summed E-state index contributed by atoms with van der Waals surface area (Å²) in [7, 11) is 3.88. The fraction of sp³-hybridized carbons (Fsp3) is 0.571. The minimum absolute atomic E-state index is 0.252. The van der Waals surface area contributed by atoms with E-state index in [-0.39, 0.29) is 6.04 Å². The first-order valence-corrected chi connectivity index (χ1v) is 6.26. The minimum Gasteiger partial charge on any atom is -0.380 e. The Bertz CT molecular complexity index is 340. The predicted molar refractivity (Wildman–Crippen MR) is 69.7 cm³/mol. The lowest BCUT2D eigenvalue weighted by Crippen LogP contribution is -2.43. The fourth-order valence-corrected chi connectivity index (χ4v) is 2.68. The van der Waals surface area contributed by atoms with Crippen LogP contribution in [-0.4, -0.2) is 31.6 Å². The number of likely N-dealkylation sites (tertiary alicyclic amines) is 1. The number of methoxy groups -OCH3 is 1. The summed E-state index contributed by atoms with van der Waals surface area (Å²) in [5.41, 5.74) is 8.76. The van der Waals surface area contributed by atoms with Gasteiger partial charge < -0.3 is 10.5 Å². The molecule has 0 aliphatic carbocycles. The number of nitrogens with two attached hydrogens (primary N) is 1. The lowest BCUT2D eigenvalue weighted by molar-refractivity contribution is 0.162. The van der Waals surface area contributed by atoms with Gasteiger partial charge in [0.25, 0.3) is 0 Å². The monoisotopic (exact) mass is 234 g/mol. The highest BCUT2D eigenvalue weighted by Gasteiger charge is 2.27. The Morgan fingerprint density at radius 2 is 2.06 bits per heavy atom. The summed E-state index contributed by atoms with van der Waals surface area (Å²) in [5.74, 6) is 0. The van der Waals surface area contributed by atoms with Crippen LogP contribution in [0.2, 0.25) is 0 Å². The van der Waals surface area contributed by atoms with Crippen LogP contribution in [0.4, 0.5) is 0 Å². The van der Waals surface area contributed by atoms with Gasteiger partial charge in [-0.05, 0) is 37.6 Å². The molecule has 0 amide bonds. The lowest BCUT2D eigenvalue weighted by Gasteiger charge is -2.37. The van der Waals surface area contributed by atoms with Crippen LogP contribution in [0.1, 0.15) is 30.0 Å². The number of likely N-dealkylation sites (N-methyl/N-ethyl adjacent to an activating group) is 1. The van der Waals surface area contributed by atoms with E-state index < -0.39 is 0 Å². The first-order valence-electron chi connectivity index (χ1n) is 6.26. The van der Waals surface area contributed by atoms with Crippen molar-refractivity contribution in [1.29, 1.82) is 0 Å². The van der Waals surface area contributed by atoms with Crippen molar-refractivity contribution in [2.24, 2.45) is 5.73 Å². The van der Waals surface area contributed by atoms with Gasteiger partial charge in [0.1, 0.15) is 0 Å². The van der Waals surface area contributed by atoms with Crippen LogP contribution < -0.4 is 5.73 Å². The van der Waals surface area contributed by atoms with Crippen LogP contribution in [0.25, 0.3) is 0 Å². The van der Waals surface area contributed by atoms with Crippen molar-refractivity contribution in [1.82, 2.24) is 4.90 Å². The molecule has 2 atom stereocenters. The smallest absolute Gasteiger partial charge is 0.0713 e. The van der Waals surface area contributed by atoms with Crippen LogP contribution in [-0.2, 0) is 11.3 Å². The molecule has 1 aliphatic rings. The zero-order valence-electron chi connectivity index (χ0n) is 10.7. The van der Waals surface area contributed by atoms with Crippen molar-refractivity contribution in [3.05, 3.63) is 35.4 Å². The molecule has 1 aromatic rings. The summed E-state index contributed by atoms with van der Waals surface area (Å²) in [4.78, 5) is 2.36. The highest BCUT2D eigenvalue weighted by Crippen LogP contribution is 2.28. The molecule has 0 saturated carbocycles. The van der Waals surface area contributed by atoms with Crippen molar-refractivity contribution in [3.8, 4) is 0 Å². The molecule has 1 aliphatic heterocycles. The standard InChI is InChI=1S/C14H22N2O/c1-16-9-3-4-13(15)14(16)12-7-5-11(6-8-12)10-17-2/h5-8,13-14H,3-4,9-10,15H2,1-2H3. The van der Waals surface area contributed by atoms with Gasteiger partial charge in [-0.2, -0.15) is 0 Å². The molecular formula is C14H22N2O. The molecule has 1 fully saturated rings. The first-order chi connectivity index (χ1) is 8.22. The Labute approximate surface area is 104 Å². The van der Waals surface area contributed by atoms with E-state index in [0.717, 1.165) is 13.0 Å². The topological polar surface area (TPSA) is 38.5 Å². The maximum absolute atomic E-state index is 6.23. The Hall–Kier alpha value is -0.900. The molecule has 2 rings (SSSR count). The zero-order valence-corrected chi connectivity index (χ0v) is 10.7. The number of nitrogens with zero attached hydrogens (tertiary/aromatic N) is 1. The van der Waals surface area contributed by atoms with Crippen LogP contribution in [0, 0.1) is 0 Å². The highest BCUT2D eigenvalue weighted by atomic mass is 16.5. The Morgan fingerprint density at radius 1 is 1.35 bits per heavy atom. The molecule has 3 heteroatoms. The molecule has 1 aromatic carbocycles. The van der Waals surface area contributed by atoms with Gasteiger partial charge in [0.05, 0.1) is 6.61 Å². The van der Waals surface area contributed by atoms with Gasteiger partial charge in [-0.25, -0.2) is 0 Å². The third-order valence-electron chi connectivity index (χ3n) is 3.56. The van der Waals surface area contributed by atoms with Gasteiger partial charge in [0, 0.05) is 19.2 Å². The quantitative estimate of drug-likeness (QED) is 0.868. The van der Waals surface area contributed by atoms with Crippen LogP contribution in [0.5, 0.6) is 0 Å². The van der Waals surface area contributed by atoms with Crippen molar-refractivity contribution >= 4 is 0 Å². The summed E-state index contributed by atoms with van der Waals surface area (Å²) in [5, 5.41) is 0. The second-order valence-electron chi connectivity index (χ2n) is 4.91. The molecule has 3 nitrogen and oxygen atoms in total. The average Bonchev–Trinajstić information content (AvgIpc) is 2.31. The number of benzene rings is 1. The second kappa shape index (κ2) is 5.63. The molecule has 94 valence electrons. The van der Waals surface area contributed by atoms with Crippen LogP contribution >= 0.6 is 0 Å². The Kier molecular flexibility index (Phi) is 4.15. The van der Waals surface area contributed by atoms with Gasteiger partial charge in [-0.1, -0.05) is 24.3 Å². The van der Waals surface area contributed by atoms with E-state index in [2.05, 4.69) is 36.2 Å². The summed E-state index contributed by atoms with van der Waals surface area (Å²) in [6.45, 7) is 1.81. The molecular weight excluding hydrogens is 212 g/mol. The SMILES string of the molecule is COCc1ccc(C2C(N)CCCN2C)cc1.